The molecule has 11 rings (SSSR count). The van der Waals surface area contributed by atoms with Crippen molar-refractivity contribution in [2.24, 2.45) is 0 Å². The van der Waals surface area contributed by atoms with Crippen LogP contribution in [0.3, 0.4) is 0 Å². The van der Waals surface area contributed by atoms with Crippen molar-refractivity contribution in [1.82, 2.24) is 9.13 Å². The summed E-state index contributed by atoms with van der Waals surface area (Å²) in [5.74, 6) is 0. The highest BCUT2D eigenvalue weighted by Gasteiger charge is 2.24. The molecule has 0 radical (unpaired) electrons. The molecule has 10 aromatic rings. The summed E-state index contributed by atoms with van der Waals surface area (Å²) in [6.45, 7) is 0. The molecule has 2 aromatic heterocycles. The molecule has 238 valence electrons. The molecule has 1 aliphatic carbocycles. The smallest absolute Gasteiger partial charge is 0.0548 e. The van der Waals surface area contributed by atoms with E-state index in [-0.39, 0.29) is 0 Å². The maximum Gasteiger partial charge on any atom is 0.0548 e. The van der Waals surface area contributed by atoms with Crippen molar-refractivity contribution in [3.8, 4) is 44.8 Å². The van der Waals surface area contributed by atoms with Crippen LogP contribution in [0.5, 0.6) is 0 Å². The number of rotatable bonds is 4. The minimum absolute atomic E-state index is 0.954. The van der Waals surface area contributed by atoms with Crippen LogP contribution in [0.4, 0.5) is 0 Å². The molecular formula is C49H32N2. The molecule has 8 aromatic carbocycles. The van der Waals surface area contributed by atoms with Crippen LogP contribution in [0, 0.1) is 0 Å². The molecule has 0 fully saturated rings. The molecule has 0 amide bonds. The van der Waals surface area contributed by atoms with Crippen molar-refractivity contribution in [2.75, 3.05) is 0 Å². The molecule has 0 aliphatic heterocycles. The quantitative estimate of drug-likeness (QED) is 0.180. The van der Waals surface area contributed by atoms with Gasteiger partial charge in [0.1, 0.15) is 0 Å². The number of nitrogens with zero attached hydrogens (tertiary/aromatic N) is 2. The van der Waals surface area contributed by atoms with Crippen molar-refractivity contribution in [1.29, 1.82) is 0 Å². The van der Waals surface area contributed by atoms with Gasteiger partial charge < -0.3 is 9.13 Å². The van der Waals surface area contributed by atoms with E-state index in [1.54, 1.807) is 0 Å². The molecular weight excluding hydrogens is 617 g/mol. The Morgan fingerprint density at radius 1 is 0.333 bits per heavy atom. The van der Waals surface area contributed by atoms with Crippen LogP contribution >= 0.6 is 0 Å². The first-order valence-electron chi connectivity index (χ1n) is 17.7. The lowest BCUT2D eigenvalue weighted by molar-refractivity contribution is 1.17. The van der Waals surface area contributed by atoms with E-state index in [0.29, 0.717) is 0 Å². The summed E-state index contributed by atoms with van der Waals surface area (Å²) < 4.78 is 4.91. The second kappa shape index (κ2) is 10.9. The molecule has 0 saturated heterocycles. The highest BCUT2D eigenvalue weighted by atomic mass is 15.0. The molecule has 0 spiro atoms. The maximum absolute atomic E-state index is 2.48. The van der Waals surface area contributed by atoms with Crippen molar-refractivity contribution >= 4 is 43.6 Å². The number of fused-ring (bicyclic) bond motifs is 10. The number of para-hydroxylation sites is 2. The van der Waals surface area contributed by atoms with Crippen molar-refractivity contribution in [2.45, 2.75) is 6.42 Å². The largest absolute Gasteiger partial charge is 0.309 e. The second-order valence-corrected chi connectivity index (χ2v) is 13.7. The van der Waals surface area contributed by atoms with Crippen LogP contribution in [-0.4, -0.2) is 9.13 Å². The summed E-state index contributed by atoms with van der Waals surface area (Å²) >= 11 is 0. The van der Waals surface area contributed by atoms with E-state index in [0.717, 1.165) is 12.1 Å². The SMILES string of the molecule is c1ccc(-c2ccc(-n3c4ccccc4c4c5c6ccccc6n(-c6ccc7c(c6)-c6cccc(-c8ccccc8)c6C7)c5ccc43)cc2)cc1. The Labute approximate surface area is 296 Å². The van der Waals surface area contributed by atoms with E-state index < -0.39 is 0 Å². The standard InChI is InChI=1S/C49H32N2/c1-3-12-32(13-4-1)33-22-25-36(26-23-33)50-44-20-9-7-16-40(44)48-46(50)28-29-47-49(48)41-17-8-10-21-45(41)51(47)37-27-24-35-30-43-38(34-14-5-2-6-15-34)18-11-19-39(43)42(35)31-37/h1-29,31H,30H2. The lowest BCUT2D eigenvalue weighted by atomic mass is 9.96. The fourth-order valence-corrected chi connectivity index (χ4v) is 8.72. The molecule has 1 aliphatic rings. The molecule has 0 atom stereocenters. The van der Waals surface area contributed by atoms with Crippen LogP contribution in [0.2, 0.25) is 0 Å². The number of hydrogen-bond donors (Lipinski definition) is 0. The Kier molecular flexibility index (Phi) is 6.05. The van der Waals surface area contributed by atoms with Crippen molar-refractivity contribution < 1.29 is 0 Å². The van der Waals surface area contributed by atoms with Crippen LogP contribution < -0.4 is 0 Å². The van der Waals surface area contributed by atoms with Gasteiger partial charge in [0, 0.05) is 32.9 Å². The van der Waals surface area contributed by atoms with Gasteiger partial charge in [-0.2, -0.15) is 0 Å². The average Bonchev–Trinajstić information content (AvgIpc) is 3.86. The Morgan fingerprint density at radius 3 is 1.53 bits per heavy atom. The summed E-state index contributed by atoms with van der Waals surface area (Å²) in [6, 6.07) is 66.7. The lowest BCUT2D eigenvalue weighted by Gasteiger charge is -2.12. The molecule has 2 nitrogen and oxygen atoms in total. The minimum atomic E-state index is 0.954. The van der Waals surface area contributed by atoms with Gasteiger partial charge in [-0.15, -0.1) is 0 Å². The molecule has 0 saturated carbocycles. The fraction of sp³-hybridized carbons (Fsp3) is 0.0204. The van der Waals surface area contributed by atoms with Gasteiger partial charge in [0.25, 0.3) is 0 Å². The predicted octanol–water partition coefficient (Wildman–Crippen LogP) is 12.8. The van der Waals surface area contributed by atoms with Gasteiger partial charge in [0.15, 0.2) is 0 Å². The average molecular weight is 649 g/mol. The summed E-state index contributed by atoms with van der Waals surface area (Å²) in [4.78, 5) is 0. The molecule has 2 heteroatoms. The summed E-state index contributed by atoms with van der Waals surface area (Å²) in [5.41, 5.74) is 17.8. The van der Waals surface area contributed by atoms with Crippen molar-refractivity contribution in [3.63, 3.8) is 0 Å². The molecule has 0 unspecified atom stereocenters. The van der Waals surface area contributed by atoms with Gasteiger partial charge in [-0.05, 0) is 99.5 Å². The van der Waals surface area contributed by atoms with E-state index in [4.69, 9.17) is 0 Å². The second-order valence-electron chi connectivity index (χ2n) is 13.7. The summed E-state index contributed by atoms with van der Waals surface area (Å²) in [6.07, 6.45) is 0.954. The van der Waals surface area contributed by atoms with Gasteiger partial charge >= 0.3 is 0 Å². The van der Waals surface area contributed by atoms with Crippen LogP contribution in [0.1, 0.15) is 11.1 Å². The van der Waals surface area contributed by atoms with Gasteiger partial charge in [0.05, 0.1) is 22.1 Å². The number of benzene rings is 8. The normalized spacial score (nSPS) is 12.2. The third-order valence-electron chi connectivity index (χ3n) is 11.0. The van der Waals surface area contributed by atoms with Crippen LogP contribution in [0.25, 0.3) is 88.4 Å². The minimum Gasteiger partial charge on any atom is -0.309 e. The zero-order valence-corrected chi connectivity index (χ0v) is 27.9. The highest BCUT2D eigenvalue weighted by Crippen LogP contribution is 2.45. The summed E-state index contributed by atoms with van der Waals surface area (Å²) in [7, 11) is 0. The zero-order valence-electron chi connectivity index (χ0n) is 27.9. The van der Waals surface area contributed by atoms with E-state index in [9.17, 15) is 0 Å². The molecule has 0 bridgehead atoms. The van der Waals surface area contributed by atoms with Crippen LogP contribution in [-0.2, 0) is 6.42 Å². The Morgan fingerprint density at radius 2 is 0.863 bits per heavy atom. The lowest BCUT2D eigenvalue weighted by Crippen LogP contribution is -1.95. The summed E-state index contributed by atoms with van der Waals surface area (Å²) in [5, 5.41) is 5.13. The van der Waals surface area contributed by atoms with E-state index in [1.807, 2.05) is 0 Å². The third-order valence-corrected chi connectivity index (χ3v) is 11.0. The maximum atomic E-state index is 2.48. The van der Waals surface area contributed by atoms with Gasteiger partial charge in [-0.3, -0.25) is 0 Å². The molecule has 2 heterocycles. The first kappa shape index (κ1) is 28.2. The number of aromatic nitrogens is 2. The first-order valence-corrected chi connectivity index (χ1v) is 17.7. The van der Waals surface area contributed by atoms with Gasteiger partial charge in [-0.1, -0.05) is 133 Å². The molecule has 0 N–H and O–H groups in total. The zero-order chi connectivity index (χ0) is 33.5. The Balaban J connectivity index is 1.13. The number of hydrogen-bond acceptors (Lipinski definition) is 0. The van der Waals surface area contributed by atoms with Gasteiger partial charge in [0.2, 0.25) is 0 Å². The Bertz CT molecular complexity index is 2960. The first-order chi connectivity index (χ1) is 25.3. The van der Waals surface area contributed by atoms with Gasteiger partial charge in [-0.25, -0.2) is 0 Å². The topological polar surface area (TPSA) is 9.86 Å². The van der Waals surface area contributed by atoms with E-state index in [2.05, 4.69) is 191 Å². The van der Waals surface area contributed by atoms with E-state index >= 15 is 0 Å². The monoisotopic (exact) mass is 648 g/mol. The highest BCUT2D eigenvalue weighted by molar-refractivity contribution is 6.28. The predicted molar refractivity (Wildman–Crippen MR) is 214 cm³/mol. The van der Waals surface area contributed by atoms with E-state index in [1.165, 1.54) is 93.8 Å². The van der Waals surface area contributed by atoms with Crippen molar-refractivity contribution in [3.05, 3.63) is 193 Å². The molecule has 51 heavy (non-hydrogen) atoms. The van der Waals surface area contributed by atoms with Crippen LogP contribution in [0.15, 0.2) is 182 Å². The Hall–Kier alpha value is -6.64. The third kappa shape index (κ3) is 4.17. The fourth-order valence-electron chi connectivity index (χ4n) is 8.72.